The van der Waals surface area contributed by atoms with Gasteiger partial charge in [0.05, 0.1) is 11.5 Å². The van der Waals surface area contributed by atoms with Gasteiger partial charge in [-0.2, -0.15) is 0 Å². The second-order valence-electron chi connectivity index (χ2n) is 6.46. The molecule has 0 aromatic rings. The first-order chi connectivity index (χ1) is 8.96. The van der Waals surface area contributed by atoms with Gasteiger partial charge in [-0.15, -0.1) is 0 Å². The fourth-order valence-corrected chi connectivity index (χ4v) is 5.49. The molecule has 0 amide bonds. The zero-order chi connectivity index (χ0) is 13.9. The highest BCUT2D eigenvalue weighted by molar-refractivity contribution is 7.91. The minimum absolute atomic E-state index is 0.240. The minimum atomic E-state index is -2.77. The predicted octanol–water partition coefficient (Wildman–Crippen LogP) is 1.28. The SMILES string of the molecule is CCNCC1(CN(C)C2CCS(=O)(=O)C2)CCCC1. The summed E-state index contributed by atoms with van der Waals surface area (Å²) in [5.74, 6) is 0.739. The summed E-state index contributed by atoms with van der Waals surface area (Å²) in [5, 5.41) is 3.50. The monoisotopic (exact) mass is 288 g/mol. The summed E-state index contributed by atoms with van der Waals surface area (Å²) in [6.45, 7) is 5.28. The normalized spacial score (nSPS) is 29.1. The molecule has 2 rings (SSSR count). The molecule has 112 valence electrons. The lowest BCUT2D eigenvalue weighted by Gasteiger charge is -2.36. The Labute approximate surface area is 117 Å². The van der Waals surface area contributed by atoms with Gasteiger partial charge in [0.2, 0.25) is 0 Å². The number of nitrogens with one attached hydrogen (secondary N) is 1. The van der Waals surface area contributed by atoms with Crippen molar-refractivity contribution < 1.29 is 8.42 Å². The molecule has 1 N–H and O–H groups in total. The molecular formula is C14H28N2O2S. The molecule has 1 aliphatic heterocycles. The quantitative estimate of drug-likeness (QED) is 0.800. The molecule has 1 aliphatic carbocycles. The molecule has 1 atom stereocenters. The first-order valence-corrected chi connectivity index (χ1v) is 9.40. The van der Waals surface area contributed by atoms with Crippen LogP contribution in [-0.2, 0) is 9.84 Å². The van der Waals surface area contributed by atoms with E-state index < -0.39 is 9.84 Å². The standard InChI is InChI=1S/C14H28N2O2S/c1-3-15-11-14(7-4-5-8-14)12-16(2)13-6-9-19(17,18)10-13/h13,15H,3-12H2,1-2H3. The molecule has 0 aromatic carbocycles. The zero-order valence-electron chi connectivity index (χ0n) is 12.3. The number of hydrogen-bond acceptors (Lipinski definition) is 4. The van der Waals surface area contributed by atoms with Crippen molar-refractivity contribution in [3.8, 4) is 0 Å². The third-order valence-electron chi connectivity index (χ3n) is 4.83. The molecule has 2 fully saturated rings. The molecule has 2 aliphatic rings. The Hall–Kier alpha value is -0.130. The average Bonchev–Trinajstić information content (AvgIpc) is 2.94. The molecule has 1 unspecified atom stereocenters. The zero-order valence-corrected chi connectivity index (χ0v) is 13.1. The maximum atomic E-state index is 11.6. The minimum Gasteiger partial charge on any atom is -0.316 e. The summed E-state index contributed by atoms with van der Waals surface area (Å²) in [7, 11) is -0.659. The van der Waals surface area contributed by atoms with Crippen LogP contribution in [0.1, 0.15) is 39.0 Å². The first-order valence-electron chi connectivity index (χ1n) is 7.58. The van der Waals surface area contributed by atoms with E-state index in [9.17, 15) is 8.42 Å². The van der Waals surface area contributed by atoms with Crippen molar-refractivity contribution in [3.63, 3.8) is 0 Å². The van der Waals surface area contributed by atoms with Gasteiger partial charge in [0.15, 0.2) is 9.84 Å². The van der Waals surface area contributed by atoms with Crippen LogP contribution in [0.4, 0.5) is 0 Å². The van der Waals surface area contributed by atoms with E-state index in [1.165, 1.54) is 25.7 Å². The predicted molar refractivity (Wildman–Crippen MR) is 79.1 cm³/mol. The van der Waals surface area contributed by atoms with Gasteiger partial charge < -0.3 is 10.2 Å². The Morgan fingerprint density at radius 1 is 1.32 bits per heavy atom. The van der Waals surface area contributed by atoms with Gasteiger partial charge in [-0.1, -0.05) is 19.8 Å². The van der Waals surface area contributed by atoms with E-state index in [0.29, 0.717) is 16.9 Å². The average molecular weight is 288 g/mol. The van der Waals surface area contributed by atoms with Crippen LogP contribution in [0.15, 0.2) is 0 Å². The summed E-state index contributed by atoms with van der Waals surface area (Å²) in [6, 6.07) is 0.240. The third kappa shape index (κ3) is 3.92. The Morgan fingerprint density at radius 3 is 2.53 bits per heavy atom. The summed E-state index contributed by atoms with van der Waals surface area (Å²) in [6.07, 6.45) is 6.02. The first kappa shape index (κ1) is 15.3. The van der Waals surface area contributed by atoms with Gasteiger partial charge in [-0.25, -0.2) is 8.42 Å². The van der Waals surface area contributed by atoms with Crippen LogP contribution >= 0.6 is 0 Å². The summed E-state index contributed by atoms with van der Waals surface area (Å²) in [4.78, 5) is 2.31. The van der Waals surface area contributed by atoms with Gasteiger partial charge >= 0.3 is 0 Å². The van der Waals surface area contributed by atoms with E-state index in [0.717, 1.165) is 26.1 Å². The van der Waals surface area contributed by atoms with E-state index in [1.54, 1.807) is 0 Å². The van der Waals surface area contributed by atoms with Gasteiger partial charge in [-0.3, -0.25) is 0 Å². The topological polar surface area (TPSA) is 49.4 Å². The van der Waals surface area contributed by atoms with Crippen LogP contribution < -0.4 is 5.32 Å². The lowest BCUT2D eigenvalue weighted by molar-refractivity contribution is 0.144. The second-order valence-corrected chi connectivity index (χ2v) is 8.69. The Balaban J connectivity index is 1.93. The van der Waals surface area contributed by atoms with E-state index in [2.05, 4.69) is 24.2 Å². The molecule has 0 aromatic heterocycles. The summed E-state index contributed by atoms with van der Waals surface area (Å²) in [5.41, 5.74) is 0.372. The highest BCUT2D eigenvalue weighted by Gasteiger charge is 2.38. The Bertz CT molecular complexity index is 388. The van der Waals surface area contributed by atoms with Crippen molar-refractivity contribution in [3.05, 3.63) is 0 Å². The van der Waals surface area contributed by atoms with E-state index in [-0.39, 0.29) is 6.04 Å². The molecular weight excluding hydrogens is 260 g/mol. The number of sulfone groups is 1. The smallest absolute Gasteiger partial charge is 0.151 e. The lowest BCUT2D eigenvalue weighted by atomic mass is 9.85. The van der Waals surface area contributed by atoms with Crippen molar-refractivity contribution in [2.24, 2.45) is 5.41 Å². The summed E-state index contributed by atoms with van der Waals surface area (Å²) < 4.78 is 23.2. The van der Waals surface area contributed by atoms with E-state index in [1.807, 2.05) is 0 Å². The Morgan fingerprint density at radius 2 is 2.00 bits per heavy atom. The van der Waals surface area contributed by atoms with E-state index in [4.69, 9.17) is 0 Å². The molecule has 1 saturated heterocycles. The number of nitrogens with zero attached hydrogens (tertiary/aromatic N) is 1. The molecule has 1 saturated carbocycles. The van der Waals surface area contributed by atoms with Crippen LogP contribution in [0.25, 0.3) is 0 Å². The van der Waals surface area contributed by atoms with Crippen molar-refractivity contribution in [1.29, 1.82) is 0 Å². The molecule has 5 heteroatoms. The highest BCUT2D eigenvalue weighted by Crippen LogP contribution is 2.38. The van der Waals surface area contributed by atoms with Gasteiger partial charge in [0, 0.05) is 19.1 Å². The van der Waals surface area contributed by atoms with Crippen molar-refractivity contribution in [2.45, 2.75) is 45.1 Å². The largest absolute Gasteiger partial charge is 0.316 e. The van der Waals surface area contributed by atoms with Crippen LogP contribution in [0.2, 0.25) is 0 Å². The lowest BCUT2D eigenvalue weighted by Crippen LogP contribution is -2.45. The highest BCUT2D eigenvalue weighted by atomic mass is 32.2. The molecule has 1 heterocycles. The van der Waals surface area contributed by atoms with Crippen LogP contribution in [0.3, 0.4) is 0 Å². The van der Waals surface area contributed by atoms with Gasteiger partial charge in [0.25, 0.3) is 0 Å². The van der Waals surface area contributed by atoms with E-state index >= 15 is 0 Å². The van der Waals surface area contributed by atoms with Crippen molar-refractivity contribution in [1.82, 2.24) is 10.2 Å². The van der Waals surface area contributed by atoms with Crippen LogP contribution in [0, 0.1) is 5.41 Å². The van der Waals surface area contributed by atoms with Gasteiger partial charge in [-0.05, 0) is 38.3 Å². The van der Waals surface area contributed by atoms with Crippen molar-refractivity contribution in [2.75, 3.05) is 38.2 Å². The fourth-order valence-electron chi connectivity index (χ4n) is 3.69. The van der Waals surface area contributed by atoms with Crippen molar-refractivity contribution >= 4 is 9.84 Å². The fraction of sp³-hybridized carbons (Fsp3) is 1.00. The summed E-state index contributed by atoms with van der Waals surface area (Å²) >= 11 is 0. The molecule has 4 nitrogen and oxygen atoms in total. The van der Waals surface area contributed by atoms with Gasteiger partial charge in [0.1, 0.15) is 0 Å². The molecule has 0 bridgehead atoms. The Kier molecular flexibility index (Phi) is 4.90. The van der Waals surface area contributed by atoms with Crippen LogP contribution in [-0.4, -0.2) is 57.5 Å². The molecule has 0 spiro atoms. The second kappa shape index (κ2) is 6.10. The third-order valence-corrected chi connectivity index (χ3v) is 6.58. The molecule has 0 radical (unpaired) electrons. The number of hydrogen-bond donors (Lipinski definition) is 1. The maximum absolute atomic E-state index is 11.6. The number of rotatable bonds is 6. The molecule has 19 heavy (non-hydrogen) atoms. The van der Waals surface area contributed by atoms with Crippen LogP contribution in [0.5, 0.6) is 0 Å². The maximum Gasteiger partial charge on any atom is 0.151 e.